The Morgan fingerprint density at radius 3 is 3.00 bits per heavy atom. The molecule has 1 aromatic carbocycles. The van der Waals surface area contributed by atoms with E-state index in [1.807, 2.05) is 24.3 Å². The summed E-state index contributed by atoms with van der Waals surface area (Å²) in [5.41, 5.74) is 5.73. The average Bonchev–Trinajstić information content (AvgIpc) is 2.36. The standard InChI is InChI=1S/C12H13N3O2/c1-13-15-11(16)8-17-10-6-2-4-9-5-3-7-14-12(9)10/h2-7,13H,8H2,1H3,(H,15,16). The molecule has 17 heavy (non-hydrogen) atoms. The summed E-state index contributed by atoms with van der Waals surface area (Å²) in [7, 11) is 1.62. The van der Waals surface area contributed by atoms with Crippen molar-refractivity contribution in [3.63, 3.8) is 0 Å². The van der Waals surface area contributed by atoms with E-state index >= 15 is 0 Å². The lowest BCUT2D eigenvalue weighted by atomic mass is 10.2. The highest BCUT2D eigenvalue weighted by Crippen LogP contribution is 2.22. The van der Waals surface area contributed by atoms with E-state index in [-0.39, 0.29) is 12.5 Å². The first-order chi connectivity index (χ1) is 8.31. The number of hydrazine groups is 1. The quantitative estimate of drug-likeness (QED) is 0.766. The van der Waals surface area contributed by atoms with Crippen LogP contribution >= 0.6 is 0 Å². The predicted octanol–water partition coefficient (Wildman–Crippen LogP) is 0.864. The highest BCUT2D eigenvalue weighted by Gasteiger charge is 2.05. The number of carbonyl (C=O) groups is 1. The van der Waals surface area contributed by atoms with E-state index < -0.39 is 0 Å². The maximum atomic E-state index is 11.2. The lowest BCUT2D eigenvalue weighted by Crippen LogP contribution is -2.37. The summed E-state index contributed by atoms with van der Waals surface area (Å²) >= 11 is 0. The fourth-order valence-corrected chi connectivity index (χ4v) is 1.51. The van der Waals surface area contributed by atoms with Gasteiger partial charge in [0.15, 0.2) is 6.61 Å². The molecule has 0 bridgehead atoms. The van der Waals surface area contributed by atoms with Gasteiger partial charge in [0, 0.05) is 18.6 Å². The maximum absolute atomic E-state index is 11.2. The van der Waals surface area contributed by atoms with Crippen molar-refractivity contribution in [2.45, 2.75) is 0 Å². The monoisotopic (exact) mass is 231 g/mol. The number of nitrogens with zero attached hydrogens (tertiary/aromatic N) is 1. The molecule has 0 aliphatic carbocycles. The molecule has 2 rings (SSSR count). The molecule has 0 fully saturated rings. The number of pyridine rings is 1. The van der Waals surface area contributed by atoms with Crippen LogP contribution in [-0.4, -0.2) is 24.5 Å². The molecule has 0 aliphatic heterocycles. The lowest BCUT2D eigenvalue weighted by molar-refractivity contribution is -0.123. The number of fused-ring (bicyclic) bond motifs is 1. The van der Waals surface area contributed by atoms with Gasteiger partial charge in [-0.3, -0.25) is 15.2 Å². The zero-order valence-corrected chi connectivity index (χ0v) is 9.43. The SMILES string of the molecule is CNNC(=O)COc1cccc2cccnc12. The molecule has 0 spiro atoms. The van der Waals surface area contributed by atoms with Crippen molar-refractivity contribution in [1.82, 2.24) is 15.8 Å². The number of carbonyl (C=O) groups excluding carboxylic acids is 1. The van der Waals surface area contributed by atoms with Crippen LogP contribution in [0.5, 0.6) is 5.75 Å². The largest absolute Gasteiger partial charge is 0.481 e. The number of hydrogen-bond acceptors (Lipinski definition) is 4. The fraction of sp³-hybridized carbons (Fsp3) is 0.167. The second kappa shape index (κ2) is 5.27. The number of hydrogen-bond donors (Lipinski definition) is 2. The number of amides is 1. The van der Waals surface area contributed by atoms with E-state index in [4.69, 9.17) is 4.74 Å². The third kappa shape index (κ3) is 2.70. The average molecular weight is 231 g/mol. The van der Waals surface area contributed by atoms with Gasteiger partial charge < -0.3 is 4.74 Å². The van der Waals surface area contributed by atoms with Gasteiger partial charge in [-0.1, -0.05) is 18.2 Å². The van der Waals surface area contributed by atoms with Crippen LogP contribution in [0, 0.1) is 0 Å². The molecule has 5 nitrogen and oxygen atoms in total. The Kier molecular flexibility index (Phi) is 3.52. The van der Waals surface area contributed by atoms with Crippen molar-refractivity contribution in [2.75, 3.05) is 13.7 Å². The Bertz CT molecular complexity index is 523. The van der Waals surface area contributed by atoms with Crippen molar-refractivity contribution in [3.05, 3.63) is 36.5 Å². The van der Waals surface area contributed by atoms with Crippen molar-refractivity contribution < 1.29 is 9.53 Å². The molecular weight excluding hydrogens is 218 g/mol. The molecule has 0 saturated carbocycles. The van der Waals surface area contributed by atoms with Crippen molar-refractivity contribution >= 4 is 16.8 Å². The number of benzene rings is 1. The normalized spacial score (nSPS) is 10.2. The number of nitrogens with one attached hydrogen (secondary N) is 2. The van der Waals surface area contributed by atoms with Gasteiger partial charge >= 0.3 is 0 Å². The van der Waals surface area contributed by atoms with Gasteiger partial charge in [0.25, 0.3) is 5.91 Å². The first-order valence-corrected chi connectivity index (χ1v) is 5.23. The van der Waals surface area contributed by atoms with E-state index in [2.05, 4.69) is 15.8 Å². The predicted molar refractivity (Wildman–Crippen MR) is 64.4 cm³/mol. The fourth-order valence-electron chi connectivity index (χ4n) is 1.51. The zero-order valence-electron chi connectivity index (χ0n) is 9.43. The summed E-state index contributed by atoms with van der Waals surface area (Å²) in [4.78, 5) is 15.5. The molecule has 1 aromatic heterocycles. The lowest BCUT2D eigenvalue weighted by Gasteiger charge is -2.08. The molecule has 88 valence electrons. The molecule has 1 heterocycles. The van der Waals surface area contributed by atoms with Crippen LogP contribution in [0.1, 0.15) is 0 Å². The molecule has 2 N–H and O–H groups in total. The highest BCUT2D eigenvalue weighted by atomic mass is 16.5. The van der Waals surface area contributed by atoms with Crippen molar-refractivity contribution in [3.8, 4) is 5.75 Å². The Morgan fingerprint density at radius 1 is 1.35 bits per heavy atom. The molecular formula is C12H13N3O2. The smallest absolute Gasteiger partial charge is 0.271 e. The minimum absolute atomic E-state index is 0.0451. The molecule has 0 radical (unpaired) electrons. The van der Waals surface area contributed by atoms with Crippen molar-refractivity contribution in [1.29, 1.82) is 0 Å². The highest BCUT2D eigenvalue weighted by molar-refractivity contribution is 5.84. The molecule has 2 aromatic rings. The minimum atomic E-state index is -0.236. The Hall–Kier alpha value is -2.14. The number of ether oxygens (including phenoxy) is 1. The van der Waals surface area contributed by atoms with E-state index in [1.54, 1.807) is 19.3 Å². The summed E-state index contributed by atoms with van der Waals surface area (Å²) < 4.78 is 5.42. The summed E-state index contributed by atoms with van der Waals surface area (Å²) in [5.74, 6) is 0.370. The second-order valence-corrected chi connectivity index (χ2v) is 3.42. The maximum Gasteiger partial charge on any atom is 0.271 e. The summed E-state index contributed by atoms with van der Waals surface area (Å²) in [6.45, 7) is -0.0451. The first kappa shape index (κ1) is 11.3. The molecule has 1 amide bonds. The third-order valence-electron chi connectivity index (χ3n) is 2.22. The van der Waals surface area contributed by atoms with E-state index in [1.165, 1.54) is 0 Å². The van der Waals surface area contributed by atoms with Gasteiger partial charge in [0.2, 0.25) is 0 Å². The number of aromatic nitrogens is 1. The molecule has 0 saturated heterocycles. The number of rotatable bonds is 4. The summed E-state index contributed by atoms with van der Waals surface area (Å²) in [6.07, 6.45) is 1.70. The summed E-state index contributed by atoms with van der Waals surface area (Å²) in [6, 6.07) is 9.42. The van der Waals surface area contributed by atoms with Crippen LogP contribution in [-0.2, 0) is 4.79 Å². The van der Waals surface area contributed by atoms with E-state index in [9.17, 15) is 4.79 Å². The Morgan fingerprint density at radius 2 is 2.18 bits per heavy atom. The van der Waals surface area contributed by atoms with Crippen LogP contribution in [0.15, 0.2) is 36.5 Å². The Balaban J connectivity index is 2.16. The molecule has 0 aliphatic rings. The summed E-state index contributed by atoms with van der Waals surface area (Å²) in [5, 5.41) is 0.985. The van der Waals surface area contributed by atoms with Crippen LogP contribution in [0.2, 0.25) is 0 Å². The minimum Gasteiger partial charge on any atom is -0.481 e. The van der Waals surface area contributed by atoms with Gasteiger partial charge in [-0.05, 0) is 12.1 Å². The molecule has 5 heteroatoms. The van der Waals surface area contributed by atoms with Gasteiger partial charge in [-0.2, -0.15) is 0 Å². The first-order valence-electron chi connectivity index (χ1n) is 5.23. The van der Waals surface area contributed by atoms with Crippen LogP contribution in [0.4, 0.5) is 0 Å². The van der Waals surface area contributed by atoms with Crippen molar-refractivity contribution in [2.24, 2.45) is 0 Å². The third-order valence-corrected chi connectivity index (χ3v) is 2.22. The Labute approximate surface area is 98.8 Å². The van der Waals surface area contributed by atoms with Gasteiger partial charge in [0.05, 0.1) is 0 Å². The van der Waals surface area contributed by atoms with Gasteiger partial charge in [0.1, 0.15) is 11.3 Å². The van der Waals surface area contributed by atoms with E-state index in [0.29, 0.717) is 5.75 Å². The van der Waals surface area contributed by atoms with Crippen LogP contribution < -0.4 is 15.6 Å². The van der Waals surface area contributed by atoms with Crippen LogP contribution in [0.3, 0.4) is 0 Å². The molecule has 0 unspecified atom stereocenters. The van der Waals surface area contributed by atoms with Gasteiger partial charge in [-0.15, -0.1) is 0 Å². The van der Waals surface area contributed by atoms with Gasteiger partial charge in [-0.25, -0.2) is 5.43 Å². The zero-order chi connectivity index (χ0) is 12.1. The van der Waals surface area contributed by atoms with E-state index in [0.717, 1.165) is 10.9 Å². The topological polar surface area (TPSA) is 63.2 Å². The molecule has 0 atom stereocenters. The number of para-hydroxylation sites is 1. The van der Waals surface area contributed by atoms with Crippen LogP contribution in [0.25, 0.3) is 10.9 Å². The second-order valence-electron chi connectivity index (χ2n) is 3.42.